The third-order valence-electron chi connectivity index (χ3n) is 6.77. The maximum Gasteiger partial charge on any atom is 0.185 e. The molecule has 2 aromatic heterocycles. The first-order chi connectivity index (χ1) is 18.8. The summed E-state index contributed by atoms with van der Waals surface area (Å²) in [6, 6.07) is 9.64. The molecule has 39 heavy (non-hydrogen) atoms. The van der Waals surface area contributed by atoms with Crippen molar-refractivity contribution in [3.8, 4) is 17.1 Å². The highest BCUT2D eigenvalue weighted by molar-refractivity contribution is 7.18. The average Bonchev–Trinajstić information content (AvgIpc) is 3.50. The van der Waals surface area contributed by atoms with Gasteiger partial charge in [0.15, 0.2) is 11.6 Å². The molecule has 204 valence electrons. The predicted octanol–water partition coefficient (Wildman–Crippen LogP) is 3.29. The summed E-state index contributed by atoms with van der Waals surface area (Å²) < 4.78 is 21.0. The quantitative estimate of drug-likeness (QED) is 0.303. The van der Waals surface area contributed by atoms with Gasteiger partial charge in [0.2, 0.25) is 0 Å². The zero-order chi connectivity index (χ0) is 27.7. The molecule has 9 nitrogen and oxygen atoms in total. The number of ether oxygens (including phenoxy) is 1. The molecule has 1 aliphatic heterocycles. The van der Waals surface area contributed by atoms with Gasteiger partial charge in [0.1, 0.15) is 27.8 Å². The van der Waals surface area contributed by atoms with Crippen LogP contribution in [0.5, 0.6) is 5.75 Å². The number of thiazole rings is 1. The minimum absolute atomic E-state index is 0.0422. The molecule has 4 aromatic rings. The monoisotopic (exact) mass is 550 g/mol. The van der Waals surface area contributed by atoms with Gasteiger partial charge >= 0.3 is 0 Å². The lowest BCUT2D eigenvalue weighted by Crippen LogP contribution is -2.34. The first kappa shape index (κ1) is 27.1. The Hall–Kier alpha value is -3.51. The smallest absolute Gasteiger partial charge is 0.185 e. The van der Waals surface area contributed by atoms with Gasteiger partial charge in [0.25, 0.3) is 0 Å². The highest BCUT2D eigenvalue weighted by Crippen LogP contribution is 2.38. The summed E-state index contributed by atoms with van der Waals surface area (Å²) in [4.78, 5) is 31.3. The molecular weight excluding hydrogens is 519 g/mol. The summed E-state index contributed by atoms with van der Waals surface area (Å²) in [5.41, 5.74) is 8.95. The molecule has 2 aromatic carbocycles. The maximum atomic E-state index is 14.7. The van der Waals surface area contributed by atoms with E-state index in [-0.39, 0.29) is 53.7 Å². The number of hydrogen-bond donors (Lipinski definition) is 2. The second-order valence-electron chi connectivity index (χ2n) is 9.93. The number of methoxy groups -OCH3 is 1. The number of ketones is 1. The average molecular weight is 551 g/mol. The van der Waals surface area contributed by atoms with Crippen LogP contribution < -0.4 is 15.4 Å². The summed E-state index contributed by atoms with van der Waals surface area (Å²) in [6.45, 7) is 1.20. The van der Waals surface area contributed by atoms with Crippen LogP contribution in [0.1, 0.15) is 27.5 Å². The zero-order valence-electron chi connectivity index (χ0n) is 22.1. The van der Waals surface area contributed by atoms with Crippen molar-refractivity contribution in [3.05, 3.63) is 64.7 Å². The van der Waals surface area contributed by atoms with Crippen LogP contribution in [0.4, 0.5) is 10.1 Å². The van der Waals surface area contributed by atoms with Gasteiger partial charge in [-0.25, -0.2) is 19.3 Å². The van der Waals surface area contributed by atoms with Crippen molar-refractivity contribution in [1.29, 1.82) is 0 Å². The summed E-state index contributed by atoms with van der Waals surface area (Å²) in [7, 11) is 5.42. The largest absolute Gasteiger partial charge is 0.496 e. The standard InChI is InChI=1S/C28H31FN6O3S/c1-34(2)14-24-33-26-23(39-24)8-7-16(27(26)35-13-17(30)12-18(35)15-36)11-21(37)20-9-10-31-28(32-20)25-19(29)5-4-6-22(25)38-3/h4-10,17-18,36H,11-15,30H2,1-3H3/t17-,18+/m1/s1. The molecule has 0 unspecified atom stereocenters. The number of hydrogen-bond acceptors (Lipinski definition) is 10. The summed E-state index contributed by atoms with van der Waals surface area (Å²) in [6.07, 6.45) is 2.13. The number of Topliss-reactive ketones (excluding diaryl/α,β-unsaturated/α-hetero) is 1. The molecule has 0 bridgehead atoms. The summed E-state index contributed by atoms with van der Waals surface area (Å²) >= 11 is 1.61. The number of aliphatic hydroxyl groups excluding tert-OH is 1. The molecule has 2 atom stereocenters. The van der Waals surface area contributed by atoms with E-state index in [1.54, 1.807) is 17.4 Å². The number of nitrogens with zero attached hydrogens (tertiary/aromatic N) is 5. The Kier molecular flexibility index (Phi) is 7.85. The van der Waals surface area contributed by atoms with Gasteiger partial charge in [0.05, 0.1) is 35.7 Å². The van der Waals surface area contributed by atoms with Crippen molar-refractivity contribution in [3.63, 3.8) is 0 Å². The van der Waals surface area contributed by atoms with Gasteiger partial charge in [-0.15, -0.1) is 11.3 Å². The van der Waals surface area contributed by atoms with Crippen LogP contribution in [0.3, 0.4) is 0 Å². The normalized spacial score (nSPS) is 17.4. The number of aliphatic hydroxyl groups is 1. The fourth-order valence-corrected chi connectivity index (χ4v) is 6.15. The van der Waals surface area contributed by atoms with Crippen molar-refractivity contribution in [2.75, 3.05) is 39.3 Å². The minimum Gasteiger partial charge on any atom is -0.496 e. The van der Waals surface area contributed by atoms with Crippen LogP contribution in [-0.2, 0) is 13.0 Å². The number of rotatable bonds is 9. The Balaban J connectivity index is 1.54. The van der Waals surface area contributed by atoms with E-state index in [0.29, 0.717) is 19.5 Å². The third kappa shape index (κ3) is 5.48. The fraction of sp³-hybridized carbons (Fsp3) is 0.357. The SMILES string of the molecule is COc1cccc(F)c1-c1nccc(C(=O)Cc2ccc3sc(CN(C)C)nc3c2N2C[C@H](N)C[C@H]2CO)n1. The number of nitrogens with two attached hydrogens (primary N) is 1. The number of carbonyl (C=O) groups is 1. The minimum atomic E-state index is -0.538. The molecule has 3 N–H and O–H groups in total. The van der Waals surface area contributed by atoms with Crippen molar-refractivity contribution in [2.24, 2.45) is 5.73 Å². The molecule has 0 saturated carbocycles. The van der Waals surface area contributed by atoms with Crippen molar-refractivity contribution in [2.45, 2.75) is 31.5 Å². The van der Waals surface area contributed by atoms with Crippen LogP contribution in [-0.4, -0.2) is 77.2 Å². The molecule has 0 spiro atoms. The third-order valence-corrected chi connectivity index (χ3v) is 7.77. The van der Waals surface area contributed by atoms with E-state index >= 15 is 0 Å². The highest BCUT2D eigenvalue weighted by atomic mass is 32.1. The van der Waals surface area contributed by atoms with Crippen LogP contribution >= 0.6 is 11.3 Å². The number of benzene rings is 2. The molecular formula is C28H31FN6O3S. The van der Waals surface area contributed by atoms with E-state index in [4.69, 9.17) is 15.5 Å². The fourth-order valence-electron chi connectivity index (χ4n) is 5.06. The first-order valence-electron chi connectivity index (χ1n) is 12.7. The van der Waals surface area contributed by atoms with Gasteiger partial charge in [0, 0.05) is 31.7 Å². The molecule has 3 heterocycles. The lowest BCUT2D eigenvalue weighted by atomic mass is 10.0. The lowest BCUT2D eigenvalue weighted by Gasteiger charge is -2.28. The number of aromatic nitrogens is 3. The molecule has 0 radical (unpaired) electrons. The Morgan fingerprint density at radius 3 is 2.82 bits per heavy atom. The van der Waals surface area contributed by atoms with E-state index in [9.17, 15) is 14.3 Å². The summed E-state index contributed by atoms with van der Waals surface area (Å²) in [5.74, 6) is -0.429. The Morgan fingerprint density at radius 1 is 1.26 bits per heavy atom. The van der Waals surface area contributed by atoms with Crippen LogP contribution in [0.25, 0.3) is 21.6 Å². The molecule has 1 saturated heterocycles. The molecule has 1 fully saturated rings. The second kappa shape index (κ2) is 11.3. The Bertz CT molecular complexity index is 1510. The topological polar surface area (TPSA) is 118 Å². The van der Waals surface area contributed by atoms with Crippen molar-refractivity contribution in [1.82, 2.24) is 19.9 Å². The van der Waals surface area contributed by atoms with Crippen molar-refractivity contribution < 1.29 is 19.0 Å². The Labute approximate surface area is 230 Å². The van der Waals surface area contributed by atoms with Crippen molar-refractivity contribution >= 4 is 33.0 Å². The number of halogens is 1. The molecule has 0 aliphatic carbocycles. The Morgan fingerprint density at radius 2 is 2.08 bits per heavy atom. The van der Waals surface area contributed by atoms with Gasteiger partial charge < -0.3 is 25.4 Å². The highest BCUT2D eigenvalue weighted by Gasteiger charge is 2.33. The van der Waals surface area contributed by atoms with Gasteiger partial charge in [-0.05, 0) is 50.3 Å². The maximum absolute atomic E-state index is 14.7. The van der Waals surface area contributed by atoms with Gasteiger partial charge in [-0.1, -0.05) is 12.1 Å². The number of carbonyl (C=O) groups excluding carboxylic acids is 1. The zero-order valence-corrected chi connectivity index (χ0v) is 22.9. The van der Waals surface area contributed by atoms with Crippen LogP contribution in [0.15, 0.2) is 42.6 Å². The first-order valence-corrected chi connectivity index (χ1v) is 13.5. The van der Waals surface area contributed by atoms with Crippen LogP contribution in [0, 0.1) is 5.82 Å². The van der Waals surface area contributed by atoms with Gasteiger partial charge in [-0.2, -0.15) is 0 Å². The van der Waals surface area contributed by atoms with Crippen LogP contribution in [0.2, 0.25) is 0 Å². The lowest BCUT2D eigenvalue weighted by molar-refractivity contribution is 0.0988. The molecule has 11 heteroatoms. The predicted molar refractivity (Wildman–Crippen MR) is 150 cm³/mol. The number of fused-ring (bicyclic) bond motifs is 1. The number of anilines is 1. The summed E-state index contributed by atoms with van der Waals surface area (Å²) in [5, 5.41) is 11.1. The van der Waals surface area contributed by atoms with Gasteiger partial charge in [-0.3, -0.25) is 4.79 Å². The molecule has 5 rings (SSSR count). The molecule has 1 aliphatic rings. The van der Waals surface area contributed by atoms with E-state index in [0.717, 1.165) is 26.5 Å². The second-order valence-corrected chi connectivity index (χ2v) is 11.0. The molecule has 0 amide bonds. The van der Waals surface area contributed by atoms with E-state index in [1.165, 1.54) is 31.5 Å². The van der Waals surface area contributed by atoms with E-state index in [1.807, 2.05) is 26.2 Å². The van der Waals surface area contributed by atoms with E-state index < -0.39 is 5.82 Å². The van der Waals surface area contributed by atoms with E-state index in [2.05, 4.69) is 19.8 Å².